The van der Waals surface area contributed by atoms with E-state index in [-0.39, 0.29) is 17.5 Å². The molecule has 1 unspecified atom stereocenters. The summed E-state index contributed by atoms with van der Waals surface area (Å²) in [6, 6.07) is 15.3. The van der Waals surface area contributed by atoms with E-state index in [9.17, 15) is 14.7 Å². The number of pyridine rings is 1. The van der Waals surface area contributed by atoms with Crippen LogP contribution < -0.4 is 5.56 Å². The molecule has 7 nitrogen and oxygen atoms in total. The summed E-state index contributed by atoms with van der Waals surface area (Å²) in [4.78, 5) is 39.4. The van der Waals surface area contributed by atoms with Crippen LogP contribution in [0.25, 0.3) is 0 Å². The summed E-state index contributed by atoms with van der Waals surface area (Å²) < 4.78 is 0. The van der Waals surface area contributed by atoms with Gasteiger partial charge in [-0.25, -0.2) is 4.98 Å². The maximum atomic E-state index is 12.9. The Kier molecular flexibility index (Phi) is 4.70. The fourth-order valence-corrected chi connectivity index (χ4v) is 4.40. The van der Waals surface area contributed by atoms with E-state index in [4.69, 9.17) is 4.98 Å². The topological polar surface area (TPSA) is 99.2 Å². The van der Waals surface area contributed by atoms with Gasteiger partial charge in [-0.15, -0.1) is 0 Å². The zero-order valence-electron chi connectivity index (χ0n) is 17.3. The number of hydrogen-bond acceptors (Lipinski definition) is 5. The van der Waals surface area contributed by atoms with E-state index >= 15 is 0 Å². The average Bonchev–Trinajstić information content (AvgIpc) is 3.61. The molecule has 1 aromatic carbocycles. The van der Waals surface area contributed by atoms with Crippen molar-refractivity contribution in [3.8, 4) is 0 Å². The van der Waals surface area contributed by atoms with E-state index in [1.807, 2.05) is 31.2 Å². The zero-order chi connectivity index (χ0) is 21.6. The van der Waals surface area contributed by atoms with Gasteiger partial charge in [0.05, 0.1) is 28.9 Å². The lowest BCUT2D eigenvalue weighted by atomic mass is 9.94. The van der Waals surface area contributed by atoms with Gasteiger partial charge < -0.3 is 15.0 Å². The van der Waals surface area contributed by atoms with Crippen LogP contribution in [0.4, 0.5) is 0 Å². The molecule has 31 heavy (non-hydrogen) atoms. The molecular formula is C24H24N4O3. The first kappa shape index (κ1) is 19.6. The number of carbonyl (C=O) groups is 1. The van der Waals surface area contributed by atoms with E-state index < -0.39 is 12.0 Å². The molecule has 2 N–H and O–H groups in total. The highest BCUT2D eigenvalue weighted by Gasteiger charge is 2.48. The summed E-state index contributed by atoms with van der Waals surface area (Å²) in [6.07, 6.45) is 1.05. The van der Waals surface area contributed by atoms with Gasteiger partial charge in [-0.1, -0.05) is 36.4 Å². The molecular weight excluding hydrogens is 392 g/mol. The number of aryl methyl sites for hydroxylation is 1. The third-order valence-corrected chi connectivity index (χ3v) is 6.33. The van der Waals surface area contributed by atoms with Crippen LogP contribution in [-0.4, -0.2) is 37.4 Å². The monoisotopic (exact) mass is 416 g/mol. The molecule has 2 aromatic heterocycles. The van der Waals surface area contributed by atoms with Crippen molar-refractivity contribution in [1.29, 1.82) is 0 Å². The second-order valence-electron chi connectivity index (χ2n) is 8.40. The Morgan fingerprint density at radius 3 is 2.61 bits per heavy atom. The summed E-state index contributed by atoms with van der Waals surface area (Å²) in [7, 11) is 0. The molecule has 3 aromatic rings. The number of hydrogen-bond donors (Lipinski definition) is 2. The van der Waals surface area contributed by atoms with Gasteiger partial charge in [-0.2, -0.15) is 0 Å². The molecule has 2 aliphatic rings. The highest BCUT2D eigenvalue weighted by atomic mass is 16.3. The van der Waals surface area contributed by atoms with Gasteiger partial charge in [0.25, 0.3) is 11.5 Å². The molecule has 7 heteroatoms. The van der Waals surface area contributed by atoms with Crippen molar-refractivity contribution in [1.82, 2.24) is 19.9 Å². The SMILES string of the molecule is Cc1cccc(C(O)C(=O)N2CCc3nc(C4(c5ccccc5)CC4)[nH]c(=O)c3C2)n1. The number of nitrogens with one attached hydrogen (secondary N) is 1. The van der Waals surface area contributed by atoms with Crippen molar-refractivity contribution in [2.45, 2.75) is 44.2 Å². The van der Waals surface area contributed by atoms with Crippen LogP contribution in [-0.2, 0) is 23.2 Å². The lowest BCUT2D eigenvalue weighted by Gasteiger charge is -2.30. The molecule has 1 atom stereocenters. The Morgan fingerprint density at radius 1 is 1.13 bits per heavy atom. The number of aromatic nitrogens is 3. The number of aliphatic hydroxyl groups is 1. The van der Waals surface area contributed by atoms with Gasteiger partial charge in [0, 0.05) is 18.7 Å². The standard InChI is InChI=1S/C24H24N4O3/c1-15-6-5-9-19(25-15)20(29)22(31)28-13-10-18-17(14-28)21(30)27-23(26-18)24(11-12-24)16-7-3-2-4-8-16/h2-9,20,29H,10-14H2,1H3,(H,26,27,30). The normalized spacial score (nSPS) is 17.7. The fraction of sp³-hybridized carbons (Fsp3) is 0.333. The predicted molar refractivity (Wildman–Crippen MR) is 114 cm³/mol. The van der Waals surface area contributed by atoms with Crippen LogP contribution in [0.15, 0.2) is 53.3 Å². The first-order valence-corrected chi connectivity index (χ1v) is 10.6. The number of aromatic amines is 1. The molecule has 1 aliphatic carbocycles. The minimum absolute atomic E-state index is 0.137. The van der Waals surface area contributed by atoms with Crippen LogP contribution in [0.5, 0.6) is 0 Å². The number of amides is 1. The Hall–Kier alpha value is -3.32. The Bertz CT molecular complexity index is 1200. The Labute approximate surface area is 179 Å². The van der Waals surface area contributed by atoms with Crippen LogP contribution in [0.3, 0.4) is 0 Å². The van der Waals surface area contributed by atoms with Gasteiger partial charge in [-0.3, -0.25) is 14.6 Å². The van der Waals surface area contributed by atoms with Gasteiger partial charge in [0.15, 0.2) is 6.10 Å². The predicted octanol–water partition coefficient (Wildman–Crippen LogP) is 2.17. The molecule has 1 amide bonds. The highest BCUT2D eigenvalue weighted by Crippen LogP contribution is 2.51. The summed E-state index contributed by atoms with van der Waals surface area (Å²) in [6.45, 7) is 2.35. The van der Waals surface area contributed by atoms with Crippen LogP contribution in [0, 0.1) is 6.92 Å². The number of aliphatic hydroxyl groups excluding tert-OH is 1. The first-order valence-electron chi connectivity index (χ1n) is 10.6. The van der Waals surface area contributed by atoms with Gasteiger partial charge >= 0.3 is 0 Å². The minimum Gasteiger partial charge on any atom is -0.377 e. The molecule has 3 heterocycles. The molecule has 0 radical (unpaired) electrons. The summed E-state index contributed by atoms with van der Waals surface area (Å²) in [5.41, 5.74) is 3.04. The fourth-order valence-electron chi connectivity index (χ4n) is 4.40. The number of rotatable bonds is 4. The van der Waals surface area contributed by atoms with Crippen molar-refractivity contribution in [3.63, 3.8) is 0 Å². The molecule has 158 valence electrons. The molecule has 5 rings (SSSR count). The largest absolute Gasteiger partial charge is 0.377 e. The van der Waals surface area contributed by atoms with E-state index in [0.717, 1.165) is 24.2 Å². The number of H-pyrrole nitrogens is 1. The van der Waals surface area contributed by atoms with E-state index in [0.29, 0.717) is 30.0 Å². The zero-order valence-corrected chi connectivity index (χ0v) is 17.3. The molecule has 0 bridgehead atoms. The Morgan fingerprint density at radius 2 is 1.90 bits per heavy atom. The van der Waals surface area contributed by atoms with Gasteiger partial charge in [0.2, 0.25) is 0 Å². The smallest absolute Gasteiger partial charge is 0.257 e. The molecule has 1 saturated carbocycles. The maximum absolute atomic E-state index is 12.9. The van der Waals surface area contributed by atoms with Crippen LogP contribution in [0.1, 0.15) is 53.0 Å². The summed E-state index contributed by atoms with van der Waals surface area (Å²) in [5, 5.41) is 10.5. The third kappa shape index (κ3) is 3.45. The number of benzene rings is 1. The second kappa shape index (κ2) is 7.42. The lowest BCUT2D eigenvalue weighted by Crippen LogP contribution is -2.42. The molecule has 0 spiro atoms. The van der Waals surface area contributed by atoms with Crippen molar-refractivity contribution in [3.05, 3.63) is 92.9 Å². The van der Waals surface area contributed by atoms with Crippen molar-refractivity contribution in [2.24, 2.45) is 0 Å². The van der Waals surface area contributed by atoms with E-state index in [1.165, 1.54) is 10.5 Å². The number of fused-ring (bicyclic) bond motifs is 1. The lowest BCUT2D eigenvalue weighted by molar-refractivity contribution is -0.141. The van der Waals surface area contributed by atoms with Crippen molar-refractivity contribution >= 4 is 5.91 Å². The van der Waals surface area contributed by atoms with E-state index in [1.54, 1.807) is 12.1 Å². The van der Waals surface area contributed by atoms with Crippen molar-refractivity contribution in [2.75, 3.05) is 6.54 Å². The number of nitrogens with zero attached hydrogens (tertiary/aromatic N) is 3. The quantitative estimate of drug-likeness (QED) is 0.679. The van der Waals surface area contributed by atoms with Gasteiger partial charge in [0.1, 0.15) is 5.82 Å². The average molecular weight is 416 g/mol. The Balaban J connectivity index is 1.40. The van der Waals surface area contributed by atoms with Crippen molar-refractivity contribution < 1.29 is 9.90 Å². The van der Waals surface area contributed by atoms with E-state index in [2.05, 4.69) is 22.1 Å². The first-order chi connectivity index (χ1) is 15.0. The van der Waals surface area contributed by atoms with Gasteiger partial charge in [-0.05, 0) is 37.5 Å². The minimum atomic E-state index is -1.35. The molecule has 1 aliphatic heterocycles. The number of carbonyl (C=O) groups excluding carboxylic acids is 1. The van der Waals surface area contributed by atoms with Crippen LogP contribution in [0.2, 0.25) is 0 Å². The second-order valence-corrected chi connectivity index (χ2v) is 8.40. The molecule has 0 saturated heterocycles. The highest BCUT2D eigenvalue weighted by molar-refractivity contribution is 5.81. The third-order valence-electron chi connectivity index (χ3n) is 6.33. The molecule has 1 fully saturated rings. The maximum Gasteiger partial charge on any atom is 0.257 e. The summed E-state index contributed by atoms with van der Waals surface area (Å²) in [5.74, 6) is 0.265. The van der Waals surface area contributed by atoms with Crippen LogP contribution >= 0.6 is 0 Å². The summed E-state index contributed by atoms with van der Waals surface area (Å²) >= 11 is 0.